The highest BCUT2D eigenvalue weighted by Gasteiger charge is 2.16. The van der Waals surface area contributed by atoms with Gasteiger partial charge >= 0.3 is 5.97 Å². The highest BCUT2D eigenvalue weighted by Crippen LogP contribution is 2.16. The van der Waals surface area contributed by atoms with Crippen molar-refractivity contribution >= 4 is 17.6 Å². The second-order valence-corrected chi connectivity index (χ2v) is 4.85. The Bertz CT molecular complexity index is 450. The van der Waals surface area contributed by atoms with Crippen LogP contribution < -0.4 is 10.6 Å². The van der Waals surface area contributed by atoms with Gasteiger partial charge in [-0.1, -0.05) is 0 Å². The zero-order chi connectivity index (χ0) is 13.7. The fourth-order valence-electron chi connectivity index (χ4n) is 2.27. The van der Waals surface area contributed by atoms with Crippen molar-refractivity contribution in [2.24, 2.45) is 5.92 Å². The number of nitrogens with one attached hydrogen (secondary N) is 2. The number of anilines is 1. The molecule has 102 valence electrons. The van der Waals surface area contributed by atoms with Crippen LogP contribution in [0, 0.1) is 5.92 Å². The summed E-state index contributed by atoms with van der Waals surface area (Å²) in [6.45, 7) is 1.93. The molecule has 1 fully saturated rings. The fraction of sp³-hybridized carbons (Fsp3) is 0.429. The van der Waals surface area contributed by atoms with Crippen molar-refractivity contribution in [2.75, 3.05) is 18.4 Å². The maximum absolute atomic E-state index is 11.8. The highest BCUT2D eigenvalue weighted by molar-refractivity contribution is 5.92. The van der Waals surface area contributed by atoms with Crippen molar-refractivity contribution in [1.82, 2.24) is 5.32 Å². The van der Waals surface area contributed by atoms with Crippen molar-refractivity contribution < 1.29 is 14.7 Å². The number of hydrogen-bond donors (Lipinski definition) is 3. The molecule has 5 heteroatoms. The third-order valence-corrected chi connectivity index (χ3v) is 3.29. The second kappa shape index (κ2) is 6.33. The van der Waals surface area contributed by atoms with Crippen LogP contribution in [0.2, 0.25) is 0 Å². The van der Waals surface area contributed by atoms with Crippen LogP contribution in [0.4, 0.5) is 5.69 Å². The van der Waals surface area contributed by atoms with Crippen molar-refractivity contribution in [3.05, 3.63) is 29.8 Å². The average Bonchev–Trinajstić information content (AvgIpc) is 2.40. The summed E-state index contributed by atoms with van der Waals surface area (Å²) in [7, 11) is 0. The normalized spacial score (nSPS) is 18.8. The fourth-order valence-corrected chi connectivity index (χ4v) is 2.27. The van der Waals surface area contributed by atoms with E-state index in [1.807, 2.05) is 0 Å². The summed E-state index contributed by atoms with van der Waals surface area (Å²) in [6, 6.07) is 6.20. The first kappa shape index (κ1) is 13.5. The van der Waals surface area contributed by atoms with E-state index in [0.29, 0.717) is 18.0 Å². The van der Waals surface area contributed by atoms with Crippen molar-refractivity contribution in [1.29, 1.82) is 0 Å². The molecule has 1 amide bonds. The van der Waals surface area contributed by atoms with E-state index < -0.39 is 5.97 Å². The van der Waals surface area contributed by atoms with Gasteiger partial charge in [0.15, 0.2) is 0 Å². The monoisotopic (exact) mass is 262 g/mol. The summed E-state index contributed by atoms with van der Waals surface area (Å²) >= 11 is 0. The minimum Gasteiger partial charge on any atom is -0.478 e. The number of rotatable bonds is 4. The minimum atomic E-state index is -0.967. The largest absolute Gasteiger partial charge is 0.478 e. The molecule has 0 bridgehead atoms. The zero-order valence-corrected chi connectivity index (χ0v) is 10.7. The Labute approximate surface area is 112 Å². The Hall–Kier alpha value is -1.88. The predicted molar refractivity (Wildman–Crippen MR) is 72.2 cm³/mol. The maximum Gasteiger partial charge on any atom is 0.335 e. The van der Waals surface area contributed by atoms with Crippen LogP contribution in [0.3, 0.4) is 0 Å². The smallest absolute Gasteiger partial charge is 0.335 e. The first-order valence-corrected chi connectivity index (χ1v) is 6.49. The number of carbonyl (C=O) groups excluding carboxylic acids is 1. The molecular formula is C14H18N2O3. The second-order valence-electron chi connectivity index (χ2n) is 4.85. The quantitative estimate of drug-likeness (QED) is 0.772. The van der Waals surface area contributed by atoms with E-state index >= 15 is 0 Å². The van der Waals surface area contributed by atoms with Gasteiger partial charge in [-0.05, 0) is 56.1 Å². The van der Waals surface area contributed by atoms with Crippen molar-refractivity contribution in [3.8, 4) is 0 Å². The lowest BCUT2D eigenvalue weighted by Gasteiger charge is -2.22. The summed E-state index contributed by atoms with van der Waals surface area (Å²) in [5, 5.41) is 14.9. The van der Waals surface area contributed by atoms with E-state index in [9.17, 15) is 9.59 Å². The molecule has 2 rings (SSSR count). The van der Waals surface area contributed by atoms with Gasteiger partial charge in [0.1, 0.15) is 0 Å². The van der Waals surface area contributed by atoms with Gasteiger partial charge in [0.25, 0.3) is 0 Å². The molecule has 3 N–H and O–H groups in total. The van der Waals surface area contributed by atoms with Gasteiger partial charge in [0, 0.05) is 12.1 Å². The Morgan fingerprint density at radius 3 is 2.63 bits per heavy atom. The molecule has 1 heterocycles. The predicted octanol–water partition coefficient (Wildman–Crippen LogP) is 1.71. The Kier molecular flexibility index (Phi) is 4.52. The molecule has 1 aliphatic heterocycles. The molecule has 1 unspecified atom stereocenters. The van der Waals surface area contributed by atoms with E-state index in [4.69, 9.17) is 5.11 Å². The maximum atomic E-state index is 11.8. The molecule has 1 aliphatic rings. The summed E-state index contributed by atoms with van der Waals surface area (Å²) in [4.78, 5) is 22.5. The van der Waals surface area contributed by atoms with E-state index in [0.717, 1.165) is 25.9 Å². The average molecular weight is 262 g/mol. The van der Waals surface area contributed by atoms with Crippen molar-refractivity contribution in [3.63, 3.8) is 0 Å². The van der Waals surface area contributed by atoms with E-state index in [1.54, 1.807) is 12.1 Å². The van der Waals surface area contributed by atoms with Gasteiger partial charge in [-0.15, -0.1) is 0 Å². The summed E-state index contributed by atoms with van der Waals surface area (Å²) in [5.41, 5.74) is 0.855. The van der Waals surface area contributed by atoms with Crippen LogP contribution in [0.25, 0.3) is 0 Å². The van der Waals surface area contributed by atoms with Crippen LogP contribution >= 0.6 is 0 Å². The minimum absolute atomic E-state index is 0.0169. The molecule has 19 heavy (non-hydrogen) atoms. The van der Waals surface area contributed by atoms with Crippen LogP contribution in [0.15, 0.2) is 24.3 Å². The lowest BCUT2D eigenvalue weighted by Crippen LogP contribution is -2.32. The Morgan fingerprint density at radius 1 is 1.32 bits per heavy atom. The number of benzene rings is 1. The highest BCUT2D eigenvalue weighted by atomic mass is 16.4. The molecule has 1 saturated heterocycles. The summed E-state index contributed by atoms with van der Waals surface area (Å²) < 4.78 is 0. The SMILES string of the molecule is O=C(CC1CCCNC1)Nc1ccc(C(=O)O)cc1. The number of piperidine rings is 1. The lowest BCUT2D eigenvalue weighted by atomic mass is 9.96. The van der Waals surface area contributed by atoms with Gasteiger partial charge in [0.2, 0.25) is 5.91 Å². The molecule has 1 atom stereocenters. The zero-order valence-electron chi connectivity index (χ0n) is 10.7. The Morgan fingerprint density at radius 2 is 2.05 bits per heavy atom. The number of aromatic carboxylic acids is 1. The molecule has 0 radical (unpaired) electrons. The van der Waals surface area contributed by atoms with Crippen LogP contribution in [-0.4, -0.2) is 30.1 Å². The molecular weight excluding hydrogens is 244 g/mol. The standard InChI is InChI=1S/C14H18N2O3/c17-13(8-10-2-1-7-15-9-10)16-12-5-3-11(4-6-12)14(18)19/h3-6,10,15H,1-2,7-9H2,(H,16,17)(H,18,19). The topological polar surface area (TPSA) is 78.4 Å². The summed E-state index contributed by atoms with van der Waals surface area (Å²) in [5.74, 6) is -0.588. The molecule has 0 saturated carbocycles. The summed E-state index contributed by atoms with van der Waals surface area (Å²) in [6.07, 6.45) is 2.71. The molecule has 1 aromatic carbocycles. The first-order chi connectivity index (χ1) is 9.15. The van der Waals surface area contributed by atoms with E-state index in [2.05, 4.69) is 10.6 Å². The number of carboxylic acids is 1. The van der Waals surface area contributed by atoms with E-state index in [-0.39, 0.29) is 11.5 Å². The van der Waals surface area contributed by atoms with Gasteiger partial charge in [-0.2, -0.15) is 0 Å². The third kappa shape index (κ3) is 4.06. The van der Waals surface area contributed by atoms with Crippen LogP contribution in [0.5, 0.6) is 0 Å². The molecule has 0 aromatic heterocycles. The van der Waals surface area contributed by atoms with Gasteiger partial charge in [0.05, 0.1) is 5.56 Å². The van der Waals surface area contributed by atoms with Crippen LogP contribution in [-0.2, 0) is 4.79 Å². The molecule has 0 aliphatic carbocycles. The third-order valence-electron chi connectivity index (χ3n) is 3.29. The van der Waals surface area contributed by atoms with Crippen LogP contribution in [0.1, 0.15) is 29.6 Å². The van der Waals surface area contributed by atoms with Gasteiger partial charge in [-0.3, -0.25) is 4.79 Å². The first-order valence-electron chi connectivity index (χ1n) is 6.49. The Balaban J connectivity index is 1.85. The number of carbonyl (C=O) groups is 2. The molecule has 5 nitrogen and oxygen atoms in total. The van der Waals surface area contributed by atoms with Gasteiger partial charge < -0.3 is 15.7 Å². The lowest BCUT2D eigenvalue weighted by molar-refractivity contribution is -0.117. The van der Waals surface area contributed by atoms with Gasteiger partial charge in [-0.25, -0.2) is 4.79 Å². The molecule has 0 spiro atoms. The number of hydrogen-bond acceptors (Lipinski definition) is 3. The number of amides is 1. The molecule has 1 aromatic rings. The van der Waals surface area contributed by atoms with Crippen molar-refractivity contribution in [2.45, 2.75) is 19.3 Å². The van der Waals surface area contributed by atoms with E-state index in [1.165, 1.54) is 12.1 Å². The number of carboxylic acid groups (broad SMARTS) is 1.